The Bertz CT molecular complexity index is 309. The van der Waals surface area contributed by atoms with Crippen LogP contribution in [0.1, 0.15) is 46.5 Å². The summed E-state index contributed by atoms with van der Waals surface area (Å²) in [5.41, 5.74) is 0. The van der Waals surface area contributed by atoms with Crippen LogP contribution in [0.4, 0.5) is 0 Å². The lowest BCUT2D eigenvalue weighted by Gasteiger charge is -2.30. The number of guanidine groups is 1. The molecule has 0 aromatic rings. The Morgan fingerprint density at radius 2 is 2.23 bits per heavy atom. The van der Waals surface area contributed by atoms with Gasteiger partial charge in [0.1, 0.15) is 0 Å². The monoisotopic (exact) mass is 312 g/mol. The molecule has 2 N–H and O–H groups in total. The first-order chi connectivity index (χ1) is 10.7. The molecule has 0 aromatic heterocycles. The van der Waals surface area contributed by atoms with Crippen LogP contribution >= 0.6 is 0 Å². The second-order valence-corrected chi connectivity index (χ2v) is 6.52. The van der Waals surface area contributed by atoms with Gasteiger partial charge in [0.05, 0.1) is 6.61 Å². The molecule has 1 fully saturated rings. The highest BCUT2D eigenvalue weighted by Crippen LogP contribution is 2.15. The molecule has 0 spiro atoms. The molecule has 1 aliphatic rings. The summed E-state index contributed by atoms with van der Waals surface area (Å²) in [5, 5.41) is 6.66. The van der Waals surface area contributed by atoms with Gasteiger partial charge in [0, 0.05) is 32.8 Å². The number of ether oxygens (including phenoxy) is 1. The highest BCUT2D eigenvalue weighted by Gasteiger charge is 2.15. The first kappa shape index (κ1) is 19.2. The Kier molecular flexibility index (Phi) is 10.2. The van der Waals surface area contributed by atoms with E-state index >= 15 is 0 Å². The minimum absolute atomic E-state index is 0.276. The molecule has 22 heavy (non-hydrogen) atoms. The molecule has 1 aliphatic heterocycles. The number of methoxy groups -OCH3 is 1. The fraction of sp³-hybridized carbons (Fsp3) is 0.941. The van der Waals surface area contributed by atoms with Gasteiger partial charge in [-0.15, -0.1) is 0 Å². The average molecular weight is 313 g/mol. The summed E-state index contributed by atoms with van der Waals surface area (Å²) in [4.78, 5) is 7.27. The topological polar surface area (TPSA) is 48.9 Å². The Hall–Kier alpha value is -0.810. The molecule has 0 saturated carbocycles. The summed E-state index contributed by atoms with van der Waals surface area (Å²) >= 11 is 0. The SMILES string of the molecule is CCNC(=NCCCCN1CCCC(C)C1)NC(C)COC. The third kappa shape index (κ3) is 8.59. The van der Waals surface area contributed by atoms with Crippen LogP contribution in [0.3, 0.4) is 0 Å². The third-order valence-corrected chi connectivity index (χ3v) is 4.04. The van der Waals surface area contributed by atoms with Gasteiger partial charge < -0.3 is 20.3 Å². The number of nitrogens with zero attached hydrogens (tertiary/aromatic N) is 2. The summed E-state index contributed by atoms with van der Waals surface area (Å²) < 4.78 is 5.15. The van der Waals surface area contributed by atoms with Crippen LogP contribution in [-0.4, -0.2) is 63.3 Å². The lowest BCUT2D eigenvalue weighted by Crippen LogP contribution is -2.44. The zero-order chi connectivity index (χ0) is 16.2. The summed E-state index contributed by atoms with van der Waals surface area (Å²) in [7, 11) is 1.73. The number of piperidine rings is 1. The van der Waals surface area contributed by atoms with Crippen molar-refractivity contribution in [2.75, 3.05) is 46.4 Å². The molecular formula is C17H36N4O. The normalized spacial score (nSPS) is 21.6. The molecule has 2 unspecified atom stereocenters. The standard InChI is InChI=1S/C17H36N4O/c1-5-18-17(20-16(3)14-22-4)19-10-6-7-11-21-12-8-9-15(2)13-21/h15-16H,5-14H2,1-4H3,(H2,18,19,20). The van der Waals surface area contributed by atoms with Gasteiger partial charge in [-0.1, -0.05) is 6.92 Å². The van der Waals surface area contributed by atoms with Gasteiger partial charge in [-0.2, -0.15) is 0 Å². The Morgan fingerprint density at radius 1 is 1.41 bits per heavy atom. The van der Waals surface area contributed by atoms with E-state index in [2.05, 4.69) is 41.3 Å². The maximum Gasteiger partial charge on any atom is 0.191 e. The van der Waals surface area contributed by atoms with Crippen molar-refractivity contribution >= 4 is 5.96 Å². The molecule has 5 nitrogen and oxygen atoms in total. The van der Waals surface area contributed by atoms with Crippen LogP contribution in [-0.2, 0) is 4.74 Å². The van der Waals surface area contributed by atoms with Crippen molar-refractivity contribution in [1.82, 2.24) is 15.5 Å². The van der Waals surface area contributed by atoms with Gasteiger partial charge in [-0.3, -0.25) is 4.99 Å². The number of nitrogens with one attached hydrogen (secondary N) is 2. The van der Waals surface area contributed by atoms with Gasteiger partial charge in [-0.05, 0) is 58.5 Å². The first-order valence-corrected chi connectivity index (χ1v) is 8.91. The predicted octanol–water partition coefficient (Wildman–Crippen LogP) is 2.09. The van der Waals surface area contributed by atoms with E-state index in [1.54, 1.807) is 7.11 Å². The number of hydrogen-bond donors (Lipinski definition) is 2. The highest BCUT2D eigenvalue weighted by atomic mass is 16.5. The summed E-state index contributed by atoms with van der Waals surface area (Å²) in [6.07, 6.45) is 5.16. The largest absolute Gasteiger partial charge is 0.383 e. The average Bonchev–Trinajstić information content (AvgIpc) is 2.47. The molecule has 2 atom stereocenters. The first-order valence-electron chi connectivity index (χ1n) is 8.91. The molecule has 1 heterocycles. The van der Waals surface area contributed by atoms with Gasteiger partial charge in [0.15, 0.2) is 5.96 Å². The Labute approximate surface area is 136 Å². The lowest BCUT2D eigenvalue weighted by molar-refractivity contribution is 0.179. The molecule has 1 rings (SSSR count). The fourth-order valence-corrected chi connectivity index (χ4v) is 2.97. The van der Waals surface area contributed by atoms with Crippen molar-refractivity contribution in [3.8, 4) is 0 Å². The van der Waals surface area contributed by atoms with Crippen molar-refractivity contribution in [2.24, 2.45) is 10.9 Å². The van der Waals surface area contributed by atoms with Gasteiger partial charge in [0.2, 0.25) is 0 Å². The lowest BCUT2D eigenvalue weighted by atomic mass is 10.0. The van der Waals surface area contributed by atoms with Crippen molar-refractivity contribution < 1.29 is 4.74 Å². The zero-order valence-electron chi connectivity index (χ0n) is 15.0. The maximum absolute atomic E-state index is 5.15. The van der Waals surface area contributed by atoms with Crippen LogP contribution in [0.25, 0.3) is 0 Å². The van der Waals surface area contributed by atoms with E-state index in [-0.39, 0.29) is 6.04 Å². The van der Waals surface area contributed by atoms with E-state index in [1.165, 1.54) is 38.9 Å². The number of hydrogen-bond acceptors (Lipinski definition) is 3. The van der Waals surface area contributed by atoms with Crippen LogP contribution in [0.5, 0.6) is 0 Å². The molecule has 1 saturated heterocycles. The third-order valence-electron chi connectivity index (χ3n) is 4.04. The van der Waals surface area contributed by atoms with Gasteiger partial charge in [-0.25, -0.2) is 0 Å². The van der Waals surface area contributed by atoms with Crippen LogP contribution in [0.2, 0.25) is 0 Å². The summed E-state index contributed by atoms with van der Waals surface area (Å²) in [6.45, 7) is 12.8. The van der Waals surface area contributed by atoms with Crippen LogP contribution in [0, 0.1) is 5.92 Å². The van der Waals surface area contributed by atoms with Crippen molar-refractivity contribution in [3.05, 3.63) is 0 Å². The van der Waals surface area contributed by atoms with Gasteiger partial charge >= 0.3 is 0 Å². The number of aliphatic imine (C=N–C) groups is 1. The molecule has 130 valence electrons. The summed E-state index contributed by atoms with van der Waals surface area (Å²) in [6, 6.07) is 0.276. The smallest absolute Gasteiger partial charge is 0.191 e. The molecule has 0 radical (unpaired) electrons. The van der Waals surface area contributed by atoms with Crippen molar-refractivity contribution in [1.29, 1.82) is 0 Å². The van der Waals surface area contributed by atoms with Crippen molar-refractivity contribution in [2.45, 2.75) is 52.5 Å². The zero-order valence-corrected chi connectivity index (χ0v) is 15.0. The number of likely N-dealkylation sites (tertiary alicyclic amines) is 1. The summed E-state index contributed by atoms with van der Waals surface area (Å²) in [5.74, 6) is 1.78. The molecular weight excluding hydrogens is 276 g/mol. The van der Waals surface area contributed by atoms with Crippen LogP contribution < -0.4 is 10.6 Å². The maximum atomic E-state index is 5.15. The molecule has 0 amide bonds. The second kappa shape index (κ2) is 11.7. The van der Waals surface area contributed by atoms with Crippen molar-refractivity contribution in [3.63, 3.8) is 0 Å². The van der Waals surface area contributed by atoms with E-state index in [9.17, 15) is 0 Å². The molecule has 0 bridgehead atoms. The predicted molar refractivity (Wildman–Crippen MR) is 94.5 cm³/mol. The van der Waals surface area contributed by atoms with E-state index in [0.717, 1.165) is 31.4 Å². The van der Waals surface area contributed by atoms with Crippen LogP contribution in [0.15, 0.2) is 4.99 Å². The minimum Gasteiger partial charge on any atom is -0.383 e. The fourth-order valence-electron chi connectivity index (χ4n) is 2.97. The van der Waals surface area contributed by atoms with E-state index in [4.69, 9.17) is 4.74 Å². The minimum atomic E-state index is 0.276. The van der Waals surface area contributed by atoms with E-state index < -0.39 is 0 Å². The van der Waals surface area contributed by atoms with E-state index in [0.29, 0.717) is 6.61 Å². The Balaban J connectivity index is 2.19. The number of unbranched alkanes of at least 4 members (excludes halogenated alkanes) is 1. The molecule has 5 heteroatoms. The Morgan fingerprint density at radius 3 is 2.91 bits per heavy atom. The molecule has 0 aromatic carbocycles. The van der Waals surface area contributed by atoms with E-state index in [1.807, 2.05) is 0 Å². The second-order valence-electron chi connectivity index (χ2n) is 6.52. The highest BCUT2D eigenvalue weighted by molar-refractivity contribution is 5.80. The quantitative estimate of drug-likeness (QED) is 0.389. The number of rotatable bonds is 9. The van der Waals surface area contributed by atoms with Gasteiger partial charge in [0.25, 0.3) is 0 Å². The molecule has 0 aliphatic carbocycles.